The third-order valence-corrected chi connectivity index (χ3v) is 6.60. The van der Waals surface area contributed by atoms with Crippen LogP contribution in [0.5, 0.6) is 0 Å². The molecule has 4 nitrogen and oxygen atoms in total. The third-order valence-electron chi connectivity index (χ3n) is 6.60. The molecule has 4 rings (SSSR count). The van der Waals surface area contributed by atoms with Gasteiger partial charge in [0.05, 0.1) is 0 Å². The topological polar surface area (TPSA) is 58.6 Å². The van der Waals surface area contributed by atoms with E-state index < -0.39 is 0 Å². The maximum Gasteiger partial charge on any atom is 0.249 e. The fourth-order valence-corrected chi connectivity index (χ4v) is 4.71. The van der Waals surface area contributed by atoms with Gasteiger partial charge in [0.1, 0.15) is 11.5 Å². The lowest BCUT2D eigenvalue weighted by molar-refractivity contribution is 0.132. The first-order chi connectivity index (χ1) is 9.92. The van der Waals surface area contributed by atoms with Gasteiger partial charge in [-0.15, -0.1) is 0 Å². The number of fused-ring (bicyclic) bond motifs is 3. The Morgan fingerprint density at radius 3 is 2.76 bits per heavy atom. The monoisotopic (exact) mass is 283 g/mol. The average molecular weight is 283 g/mol. The molecule has 1 N–H and O–H groups in total. The number of nitrogens with zero attached hydrogens (tertiary/aromatic N) is 2. The number of aromatic nitrogens is 3. The Balaban J connectivity index is 1.83. The quantitative estimate of drug-likeness (QED) is 0.874. The Kier molecular flexibility index (Phi) is 2.43. The molecule has 2 bridgehead atoms. The Labute approximate surface area is 124 Å². The first-order valence-electron chi connectivity index (χ1n) is 7.78. The van der Waals surface area contributed by atoms with Gasteiger partial charge in [0.15, 0.2) is 0 Å². The molecule has 3 unspecified atom stereocenters. The van der Waals surface area contributed by atoms with Gasteiger partial charge in [0.2, 0.25) is 5.56 Å². The minimum atomic E-state index is -0.105. The molecule has 2 aromatic rings. The van der Waals surface area contributed by atoms with Crippen LogP contribution in [0.15, 0.2) is 23.1 Å². The highest BCUT2D eigenvalue weighted by Gasteiger charge is 2.62. The zero-order chi connectivity index (χ0) is 14.8. The van der Waals surface area contributed by atoms with Crippen molar-refractivity contribution in [1.29, 1.82) is 0 Å². The summed E-state index contributed by atoms with van der Waals surface area (Å²) in [5, 5.41) is 0.894. The summed E-state index contributed by atoms with van der Waals surface area (Å²) in [6.07, 6.45) is 5.59. The number of H-pyrrole nitrogens is 1. The molecular weight excluding hydrogens is 262 g/mol. The fraction of sp³-hybridized carbons (Fsp3) is 0.588. The minimum absolute atomic E-state index is 0.105. The zero-order valence-corrected chi connectivity index (χ0v) is 12.8. The summed E-state index contributed by atoms with van der Waals surface area (Å²) in [6, 6.07) is 3.30. The molecule has 21 heavy (non-hydrogen) atoms. The lowest BCUT2D eigenvalue weighted by Gasteiger charge is -2.38. The van der Waals surface area contributed by atoms with E-state index in [-0.39, 0.29) is 11.0 Å². The van der Waals surface area contributed by atoms with E-state index in [0.717, 1.165) is 17.1 Å². The Morgan fingerprint density at radius 2 is 2.10 bits per heavy atom. The summed E-state index contributed by atoms with van der Waals surface area (Å²) in [7, 11) is 0. The van der Waals surface area contributed by atoms with Crippen molar-refractivity contribution in [3.05, 3.63) is 34.5 Å². The molecule has 2 aromatic heterocycles. The fourth-order valence-electron chi connectivity index (χ4n) is 4.71. The van der Waals surface area contributed by atoms with Gasteiger partial charge in [-0.05, 0) is 42.1 Å². The van der Waals surface area contributed by atoms with E-state index in [1.54, 1.807) is 6.07 Å². The highest BCUT2D eigenvalue weighted by Crippen LogP contribution is 2.70. The SMILES string of the molecule is CC1(C)C2CCC1(C)C(c1ncc3ccc(=O)[nH]c3n1)C2. The van der Waals surface area contributed by atoms with E-state index in [4.69, 9.17) is 0 Å². The van der Waals surface area contributed by atoms with Crippen LogP contribution in [0.25, 0.3) is 11.0 Å². The van der Waals surface area contributed by atoms with Crippen LogP contribution >= 0.6 is 0 Å². The predicted molar refractivity (Wildman–Crippen MR) is 82.1 cm³/mol. The van der Waals surface area contributed by atoms with Gasteiger partial charge < -0.3 is 4.98 Å². The molecule has 0 amide bonds. The first kappa shape index (κ1) is 13.0. The number of nitrogens with one attached hydrogen (secondary N) is 1. The molecule has 3 atom stereocenters. The molecular formula is C17H21N3O. The van der Waals surface area contributed by atoms with Gasteiger partial charge in [-0.3, -0.25) is 4.79 Å². The molecule has 2 aliphatic carbocycles. The third kappa shape index (κ3) is 1.59. The van der Waals surface area contributed by atoms with Gasteiger partial charge in [0.25, 0.3) is 0 Å². The smallest absolute Gasteiger partial charge is 0.249 e. The van der Waals surface area contributed by atoms with Gasteiger partial charge in [0, 0.05) is 23.6 Å². The van der Waals surface area contributed by atoms with Crippen molar-refractivity contribution in [3.63, 3.8) is 0 Å². The van der Waals surface area contributed by atoms with Gasteiger partial charge in [-0.25, -0.2) is 9.97 Å². The van der Waals surface area contributed by atoms with Crippen LogP contribution in [0.1, 0.15) is 51.8 Å². The molecule has 2 aliphatic rings. The summed E-state index contributed by atoms with van der Waals surface area (Å²) in [5.74, 6) is 2.07. The van der Waals surface area contributed by atoms with Gasteiger partial charge in [-0.2, -0.15) is 0 Å². The van der Waals surface area contributed by atoms with Crippen molar-refractivity contribution in [2.75, 3.05) is 0 Å². The second-order valence-corrected chi connectivity index (χ2v) is 7.52. The average Bonchev–Trinajstić information content (AvgIpc) is 2.79. The van der Waals surface area contributed by atoms with Crippen LogP contribution in [0.2, 0.25) is 0 Å². The molecule has 0 spiro atoms. The van der Waals surface area contributed by atoms with E-state index in [2.05, 4.69) is 35.7 Å². The number of rotatable bonds is 1. The van der Waals surface area contributed by atoms with Crippen LogP contribution in [0.3, 0.4) is 0 Å². The number of hydrogen-bond donors (Lipinski definition) is 1. The molecule has 2 fully saturated rings. The summed E-state index contributed by atoms with van der Waals surface area (Å²) in [6.45, 7) is 7.19. The van der Waals surface area contributed by atoms with Gasteiger partial charge in [-0.1, -0.05) is 20.8 Å². The molecule has 0 aromatic carbocycles. The second kappa shape index (κ2) is 3.93. The summed E-state index contributed by atoms with van der Waals surface area (Å²) in [5.41, 5.74) is 1.17. The predicted octanol–water partition coefficient (Wildman–Crippen LogP) is 3.25. The van der Waals surface area contributed by atoms with Crippen LogP contribution in [-0.4, -0.2) is 15.0 Å². The molecule has 0 saturated heterocycles. The van der Waals surface area contributed by atoms with Crippen molar-refractivity contribution >= 4 is 11.0 Å². The van der Waals surface area contributed by atoms with E-state index in [1.165, 1.54) is 25.3 Å². The Morgan fingerprint density at radius 1 is 1.29 bits per heavy atom. The van der Waals surface area contributed by atoms with Crippen LogP contribution < -0.4 is 5.56 Å². The molecule has 2 heterocycles. The van der Waals surface area contributed by atoms with E-state index in [9.17, 15) is 4.79 Å². The van der Waals surface area contributed by atoms with Crippen LogP contribution in [-0.2, 0) is 0 Å². The van der Waals surface area contributed by atoms with Gasteiger partial charge >= 0.3 is 0 Å². The number of pyridine rings is 1. The normalized spacial score (nSPS) is 33.7. The second-order valence-electron chi connectivity index (χ2n) is 7.52. The Bertz CT molecular complexity index is 779. The highest BCUT2D eigenvalue weighted by atomic mass is 16.1. The zero-order valence-electron chi connectivity index (χ0n) is 12.8. The van der Waals surface area contributed by atoms with Crippen molar-refractivity contribution in [1.82, 2.24) is 15.0 Å². The van der Waals surface area contributed by atoms with Crippen LogP contribution in [0, 0.1) is 16.7 Å². The lowest BCUT2D eigenvalue weighted by atomic mass is 9.66. The minimum Gasteiger partial charge on any atom is -0.306 e. The van der Waals surface area contributed by atoms with Crippen molar-refractivity contribution in [3.8, 4) is 0 Å². The lowest BCUT2D eigenvalue weighted by Crippen LogP contribution is -2.32. The Hall–Kier alpha value is -1.71. The molecule has 0 aliphatic heterocycles. The first-order valence-corrected chi connectivity index (χ1v) is 7.78. The maximum atomic E-state index is 11.5. The molecule has 4 heteroatoms. The van der Waals surface area contributed by atoms with Crippen LogP contribution in [0.4, 0.5) is 0 Å². The summed E-state index contributed by atoms with van der Waals surface area (Å²) < 4.78 is 0. The summed E-state index contributed by atoms with van der Waals surface area (Å²) >= 11 is 0. The van der Waals surface area contributed by atoms with Crippen molar-refractivity contribution in [2.24, 2.45) is 16.7 Å². The number of hydrogen-bond acceptors (Lipinski definition) is 3. The largest absolute Gasteiger partial charge is 0.306 e. The van der Waals surface area contributed by atoms with E-state index >= 15 is 0 Å². The maximum absolute atomic E-state index is 11.5. The standard InChI is InChI=1S/C17H21N3O/c1-16(2)11-6-7-17(16,3)12(8-11)15-18-9-10-4-5-13(21)19-14(10)20-15/h4-5,9,11-12H,6-8H2,1-3H3,(H,18,19,20,21). The molecule has 110 valence electrons. The van der Waals surface area contributed by atoms with Crippen molar-refractivity contribution in [2.45, 2.75) is 46.0 Å². The van der Waals surface area contributed by atoms with Crippen molar-refractivity contribution < 1.29 is 0 Å². The highest BCUT2D eigenvalue weighted by molar-refractivity contribution is 5.72. The molecule has 2 saturated carbocycles. The summed E-state index contributed by atoms with van der Waals surface area (Å²) in [4.78, 5) is 23.6. The van der Waals surface area contributed by atoms with E-state index in [1.807, 2.05) is 6.20 Å². The van der Waals surface area contributed by atoms with E-state index in [0.29, 0.717) is 17.0 Å². The number of aromatic amines is 1. The molecule has 0 radical (unpaired) electrons.